The molecule has 2 aromatic carbocycles. The van der Waals surface area contributed by atoms with Crippen LogP contribution in [0.2, 0.25) is 10.0 Å². The topological polar surface area (TPSA) is 56.7 Å². The molecule has 0 saturated heterocycles. The first-order chi connectivity index (χ1) is 10.6. The molecule has 0 aliphatic heterocycles. The lowest BCUT2D eigenvalue weighted by atomic mass is 10.1. The van der Waals surface area contributed by atoms with Crippen molar-refractivity contribution in [2.24, 2.45) is 5.73 Å². The van der Waals surface area contributed by atoms with Gasteiger partial charge >= 0.3 is 0 Å². The second-order valence-electron chi connectivity index (χ2n) is 4.63. The predicted molar refractivity (Wildman–Crippen MR) is 84.7 cm³/mol. The number of benzene rings is 2. The maximum Gasteiger partial charge on any atom is 0.183 e. The van der Waals surface area contributed by atoms with Gasteiger partial charge in [0.05, 0.1) is 15.7 Å². The van der Waals surface area contributed by atoms with Crippen molar-refractivity contribution in [2.45, 2.75) is 6.54 Å². The molecule has 2 N–H and O–H groups in total. The fourth-order valence-electron chi connectivity index (χ4n) is 2.01. The molecular weight excluding hydrogens is 326 g/mol. The van der Waals surface area contributed by atoms with Crippen LogP contribution in [0.5, 0.6) is 0 Å². The van der Waals surface area contributed by atoms with Crippen LogP contribution in [0, 0.1) is 5.82 Å². The Balaban J connectivity index is 2.02. The van der Waals surface area contributed by atoms with Gasteiger partial charge in [-0.25, -0.2) is 14.1 Å². The molecule has 0 fully saturated rings. The molecule has 3 aromatic rings. The van der Waals surface area contributed by atoms with E-state index >= 15 is 0 Å². The van der Waals surface area contributed by atoms with Gasteiger partial charge in [-0.1, -0.05) is 29.3 Å². The average molecular weight is 337 g/mol. The molecule has 0 aliphatic carbocycles. The molecular formula is C15H11Cl2FN4. The van der Waals surface area contributed by atoms with E-state index in [0.717, 1.165) is 5.56 Å². The molecule has 0 saturated carbocycles. The summed E-state index contributed by atoms with van der Waals surface area (Å²) in [6.45, 7) is 0.401. The Morgan fingerprint density at radius 2 is 1.91 bits per heavy atom. The number of nitrogens with two attached hydrogens (primary N) is 1. The van der Waals surface area contributed by atoms with E-state index in [0.29, 0.717) is 28.6 Å². The van der Waals surface area contributed by atoms with E-state index in [1.54, 1.807) is 12.1 Å². The molecule has 3 rings (SSSR count). The smallest absolute Gasteiger partial charge is 0.183 e. The van der Waals surface area contributed by atoms with Gasteiger partial charge < -0.3 is 5.73 Å². The first-order valence-corrected chi connectivity index (χ1v) is 7.20. The van der Waals surface area contributed by atoms with E-state index in [-0.39, 0.29) is 5.02 Å². The van der Waals surface area contributed by atoms with E-state index in [9.17, 15) is 4.39 Å². The molecule has 0 unspecified atom stereocenters. The summed E-state index contributed by atoms with van der Waals surface area (Å²) in [7, 11) is 0. The van der Waals surface area contributed by atoms with E-state index in [4.69, 9.17) is 28.9 Å². The zero-order valence-electron chi connectivity index (χ0n) is 11.3. The lowest BCUT2D eigenvalue weighted by molar-refractivity contribution is 0.627. The monoisotopic (exact) mass is 336 g/mol. The first kappa shape index (κ1) is 15.0. The Bertz CT molecular complexity index is 832. The van der Waals surface area contributed by atoms with Gasteiger partial charge in [0.1, 0.15) is 12.1 Å². The van der Waals surface area contributed by atoms with Gasteiger partial charge in [-0.05, 0) is 35.9 Å². The Morgan fingerprint density at radius 1 is 1.09 bits per heavy atom. The summed E-state index contributed by atoms with van der Waals surface area (Å²) in [6.07, 6.45) is 1.52. The number of rotatable bonds is 3. The Hall–Kier alpha value is -1.95. The van der Waals surface area contributed by atoms with Gasteiger partial charge in [0.15, 0.2) is 5.82 Å². The third-order valence-corrected chi connectivity index (χ3v) is 3.79. The molecule has 0 radical (unpaired) electrons. The van der Waals surface area contributed by atoms with Gasteiger partial charge in [0.2, 0.25) is 0 Å². The highest BCUT2D eigenvalue weighted by Gasteiger charge is 2.11. The quantitative estimate of drug-likeness (QED) is 0.790. The molecule has 112 valence electrons. The van der Waals surface area contributed by atoms with Crippen LogP contribution in [0.4, 0.5) is 4.39 Å². The highest BCUT2D eigenvalue weighted by atomic mass is 35.5. The Labute approximate surface area is 136 Å². The summed E-state index contributed by atoms with van der Waals surface area (Å²) >= 11 is 12.0. The molecule has 1 heterocycles. The average Bonchev–Trinajstić information content (AvgIpc) is 3.00. The van der Waals surface area contributed by atoms with Crippen molar-refractivity contribution >= 4 is 23.2 Å². The molecule has 7 heteroatoms. The molecule has 0 spiro atoms. The zero-order valence-corrected chi connectivity index (χ0v) is 12.8. The number of halogens is 3. The summed E-state index contributed by atoms with van der Waals surface area (Å²) < 4.78 is 14.7. The highest BCUT2D eigenvalue weighted by Crippen LogP contribution is 2.27. The summed E-state index contributed by atoms with van der Waals surface area (Å²) in [4.78, 5) is 4.24. The molecule has 1 aromatic heterocycles. The van der Waals surface area contributed by atoms with Gasteiger partial charge in [0, 0.05) is 12.1 Å². The summed E-state index contributed by atoms with van der Waals surface area (Å²) in [6, 6.07) is 9.78. The van der Waals surface area contributed by atoms with Crippen molar-refractivity contribution in [3.8, 4) is 17.1 Å². The number of hydrogen-bond donors (Lipinski definition) is 1. The standard InChI is InChI=1S/C15H11Cl2FN4/c16-12-3-1-9(7-19)5-11(12)15-20-8-22(21-15)10-2-4-14(18)13(17)6-10/h1-6,8H,7,19H2. The Morgan fingerprint density at radius 3 is 2.64 bits per heavy atom. The van der Waals surface area contributed by atoms with Crippen molar-refractivity contribution in [2.75, 3.05) is 0 Å². The SMILES string of the molecule is NCc1ccc(Cl)c(-c2ncn(-c3ccc(F)c(Cl)c3)n2)c1. The molecule has 4 nitrogen and oxygen atoms in total. The van der Waals surface area contributed by atoms with Gasteiger partial charge in [-0.2, -0.15) is 0 Å². The first-order valence-electron chi connectivity index (χ1n) is 6.44. The predicted octanol–water partition coefficient (Wildman–Crippen LogP) is 3.84. The summed E-state index contributed by atoms with van der Waals surface area (Å²) in [5, 5.41) is 4.92. The lowest BCUT2D eigenvalue weighted by Gasteiger charge is -2.04. The number of aromatic nitrogens is 3. The highest BCUT2D eigenvalue weighted by molar-refractivity contribution is 6.33. The van der Waals surface area contributed by atoms with Crippen LogP contribution in [0.15, 0.2) is 42.7 Å². The van der Waals surface area contributed by atoms with Crippen molar-refractivity contribution in [3.63, 3.8) is 0 Å². The van der Waals surface area contributed by atoms with Crippen LogP contribution in [0.1, 0.15) is 5.56 Å². The Kier molecular flexibility index (Phi) is 4.11. The van der Waals surface area contributed by atoms with E-state index in [2.05, 4.69) is 10.1 Å². The van der Waals surface area contributed by atoms with Gasteiger partial charge in [-0.15, -0.1) is 5.10 Å². The van der Waals surface area contributed by atoms with Crippen LogP contribution in [-0.2, 0) is 6.54 Å². The lowest BCUT2D eigenvalue weighted by Crippen LogP contribution is -1.98. The molecule has 0 bridgehead atoms. The van der Waals surface area contributed by atoms with Crippen LogP contribution in [0.25, 0.3) is 17.1 Å². The van der Waals surface area contributed by atoms with Crippen LogP contribution < -0.4 is 5.73 Å². The van der Waals surface area contributed by atoms with Crippen molar-refractivity contribution in [1.29, 1.82) is 0 Å². The zero-order chi connectivity index (χ0) is 15.7. The van der Waals surface area contributed by atoms with Crippen molar-refractivity contribution in [3.05, 3.63) is 64.2 Å². The molecule has 0 aliphatic rings. The van der Waals surface area contributed by atoms with Crippen LogP contribution >= 0.6 is 23.2 Å². The van der Waals surface area contributed by atoms with Crippen LogP contribution in [-0.4, -0.2) is 14.8 Å². The van der Waals surface area contributed by atoms with E-state index in [1.165, 1.54) is 23.1 Å². The van der Waals surface area contributed by atoms with E-state index < -0.39 is 5.82 Å². The minimum Gasteiger partial charge on any atom is -0.326 e. The number of hydrogen-bond acceptors (Lipinski definition) is 3. The number of nitrogens with zero attached hydrogens (tertiary/aromatic N) is 3. The van der Waals surface area contributed by atoms with Crippen molar-refractivity contribution in [1.82, 2.24) is 14.8 Å². The van der Waals surface area contributed by atoms with E-state index in [1.807, 2.05) is 12.1 Å². The normalized spacial score (nSPS) is 10.9. The fraction of sp³-hybridized carbons (Fsp3) is 0.0667. The largest absolute Gasteiger partial charge is 0.326 e. The van der Waals surface area contributed by atoms with Gasteiger partial charge in [-0.3, -0.25) is 0 Å². The minimum absolute atomic E-state index is 0.0257. The van der Waals surface area contributed by atoms with Gasteiger partial charge in [0.25, 0.3) is 0 Å². The fourth-order valence-corrected chi connectivity index (χ4v) is 2.39. The summed E-state index contributed by atoms with van der Waals surface area (Å²) in [5.41, 5.74) is 7.86. The summed E-state index contributed by atoms with van der Waals surface area (Å²) in [5.74, 6) is -0.0230. The maximum atomic E-state index is 13.2. The molecule has 22 heavy (non-hydrogen) atoms. The second kappa shape index (κ2) is 6.04. The maximum absolute atomic E-state index is 13.2. The third-order valence-electron chi connectivity index (χ3n) is 3.17. The molecule has 0 amide bonds. The van der Waals surface area contributed by atoms with Crippen molar-refractivity contribution < 1.29 is 4.39 Å². The van der Waals surface area contributed by atoms with Crippen LogP contribution in [0.3, 0.4) is 0 Å². The minimum atomic E-state index is -0.482. The molecule has 0 atom stereocenters. The second-order valence-corrected chi connectivity index (χ2v) is 5.44. The third kappa shape index (κ3) is 2.83.